The van der Waals surface area contributed by atoms with Crippen LogP contribution in [0.4, 0.5) is 0 Å². The molecule has 2 aromatic carbocycles. The van der Waals surface area contributed by atoms with E-state index >= 15 is 0 Å². The van der Waals surface area contributed by atoms with Crippen LogP contribution in [0.25, 0.3) is 0 Å². The summed E-state index contributed by atoms with van der Waals surface area (Å²) in [5, 5.41) is 11.0. The van der Waals surface area contributed by atoms with E-state index in [2.05, 4.69) is 6.07 Å². The Kier molecular flexibility index (Phi) is 2.60. The van der Waals surface area contributed by atoms with Gasteiger partial charge in [-0.15, -0.1) is 0 Å². The monoisotopic (exact) mass is 240 g/mol. The fraction of sp³-hybridized carbons (Fsp3) is 0.250. The van der Waals surface area contributed by atoms with E-state index in [1.807, 2.05) is 42.5 Å². The Labute approximate surface area is 107 Å². The molecular formula is C16H16O2. The van der Waals surface area contributed by atoms with Gasteiger partial charge in [0, 0.05) is 0 Å². The van der Waals surface area contributed by atoms with Crippen molar-refractivity contribution in [3.63, 3.8) is 0 Å². The summed E-state index contributed by atoms with van der Waals surface area (Å²) in [6.07, 6.45) is 1.66. The van der Waals surface area contributed by atoms with Crippen LogP contribution in [0, 0.1) is 0 Å². The number of fused-ring (bicyclic) bond motifs is 1. The third-order valence-electron chi connectivity index (χ3n) is 3.77. The van der Waals surface area contributed by atoms with Crippen molar-refractivity contribution < 1.29 is 9.84 Å². The molecule has 1 unspecified atom stereocenters. The van der Waals surface area contributed by atoms with E-state index in [0.717, 1.165) is 29.7 Å². The molecule has 2 aromatic rings. The maximum Gasteiger partial charge on any atom is 0.119 e. The zero-order valence-electron chi connectivity index (χ0n) is 10.4. The average molecular weight is 240 g/mol. The van der Waals surface area contributed by atoms with E-state index in [0.29, 0.717) is 0 Å². The highest BCUT2D eigenvalue weighted by molar-refractivity contribution is 5.46. The molecule has 1 atom stereocenters. The molecule has 2 heteroatoms. The summed E-state index contributed by atoms with van der Waals surface area (Å²) in [6, 6.07) is 15.8. The highest BCUT2D eigenvalue weighted by Gasteiger charge is 2.38. The smallest absolute Gasteiger partial charge is 0.119 e. The van der Waals surface area contributed by atoms with Gasteiger partial charge in [-0.05, 0) is 41.7 Å². The number of aliphatic hydroxyl groups is 1. The summed E-state index contributed by atoms with van der Waals surface area (Å²) in [5.41, 5.74) is 2.30. The third-order valence-corrected chi connectivity index (χ3v) is 3.77. The Morgan fingerprint density at radius 3 is 2.78 bits per heavy atom. The number of ether oxygens (including phenoxy) is 1. The molecule has 3 rings (SSSR count). The lowest BCUT2D eigenvalue weighted by molar-refractivity contribution is 0.0827. The fourth-order valence-electron chi connectivity index (χ4n) is 2.77. The van der Waals surface area contributed by atoms with E-state index in [1.165, 1.54) is 5.56 Å². The predicted molar refractivity (Wildman–Crippen MR) is 70.8 cm³/mol. The summed E-state index contributed by atoms with van der Waals surface area (Å²) in [4.78, 5) is 0. The lowest BCUT2D eigenvalue weighted by Gasteiger charge is -2.25. The fourth-order valence-corrected chi connectivity index (χ4v) is 2.77. The molecular weight excluding hydrogens is 224 g/mol. The number of hydrogen-bond acceptors (Lipinski definition) is 2. The molecule has 0 saturated heterocycles. The first-order valence-corrected chi connectivity index (χ1v) is 6.19. The van der Waals surface area contributed by atoms with Gasteiger partial charge in [-0.2, -0.15) is 0 Å². The number of aryl methyl sites for hydroxylation is 1. The van der Waals surface area contributed by atoms with Gasteiger partial charge in [-0.3, -0.25) is 0 Å². The zero-order valence-corrected chi connectivity index (χ0v) is 10.4. The Hall–Kier alpha value is -1.80. The number of benzene rings is 2. The predicted octanol–water partition coefficient (Wildman–Crippen LogP) is 2.88. The van der Waals surface area contributed by atoms with Crippen molar-refractivity contribution in [3.8, 4) is 5.75 Å². The number of hydrogen-bond donors (Lipinski definition) is 1. The van der Waals surface area contributed by atoms with Crippen LogP contribution in [0.5, 0.6) is 5.75 Å². The second-order valence-corrected chi connectivity index (χ2v) is 4.75. The van der Waals surface area contributed by atoms with Crippen molar-refractivity contribution in [1.82, 2.24) is 0 Å². The second-order valence-electron chi connectivity index (χ2n) is 4.75. The minimum Gasteiger partial charge on any atom is -0.497 e. The van der Waals surface area contributed by atoms with Gasteiger partial charge in [-0.25, -0.2) is 0 Å². The molecule has 0 fully saturated rings. The van der Waals surface area contributed by atoms with E-state index in [-0.39, 0.29) is 0 Å². The van der Waals surface area contributed by atoms with Crippen LogP contribution in [0.3, 0.4) is 0 Å². The van der Waals surface area contributed by atoms with Crippen LogP contribution < -0.4 is 4.74 Å². The number of methoxy groups -OCH3 is 1. The highest BCUT2D eigenvalue weighted by Crippen LogP contribution is 2.42. The van der Waals surface area contributed by atoms with Gasteiger partial charge >= 0.3 is 0 Å². The summed E-state index contributed by atoms with van der Waals surface area (Å²) in [6.45, 7) is 0. The first-order chi connectivity index (χ1) is 8.74. The molecule has 18 heavy (non-hydrogen) atoms. The first kappa shape index (κ1) is 11.3. The molecule has 0 aliphatic heterocycles. The van der Waals surface area contributed by atoms with Crippen molar-refractivity contribution in [3.05, 3.63) is 65.2 Å². The lowest BCUT2D eigenvalue weighted by Crippen LogP contribution is -2.23. The van der Waals surface area contributed by atoms with Gasteiger partial charge in [0.2, 0.25) is 0 Å². The zero-order chi connectivity index (χ0) is 12.6. The number of rotatable bonds is 2. The van der Waals surface area contributed by atoms with Crippen molar-refractivity contribution in [1.29, 1.82) is 0 Å². The molecule has 0 radical (unpaired) electrons. The maximum atomic E-state index is 11.0. The second kappa shape index (κ2) is 4.14. The standard InChI is InChI=1S/C16H16O2/c1-18-14-7-4-6-13(11-14)16(17)10-9-12-5-2-3-8-15(12)16/h2-8,11,17H,9-10H2,1H3. The van der Waals surface area contributed by atoms with E-state index in [9.17, 15) is 5.11 Å². The molecule has 2 nitrogen and oxygen atoms in total. The van der Waals surface area contributed by atoms with E-state index in [1.54, 1.807) is 7.11 Å². The Morgan fingerprint density at radius 2 is 1.94 bits per heavy atom. The summed E-state index contributed by atoms with van der Waals surface area (Å²) in [5.74, 6) is 0.783. The van der Waals surface area contributed by atoms with Gasteiger partial charge in [0.25, 0.3) is 0 Å². The minimum atomic E-state index is -0.870. The Balaban J connectivity index is 2.11. The molecule has 0 bridgehead atoms. The molecule has 1 aliphatic carbocycles. The van der Waals surface area contributed by atoms with Crippen LogP contribution in [0.2, 0.25) is 0 Å². The molecule has 0 saturated carbocycles. The first-order valence-electron chi connectivity index (χ1n) is 6.19. The van der Waals surface area contributed by atoms with Crippen molar-refractivity contribution in [2.45, 2.75) is 18.4 Å². The van der Waals surface area contributed by atoms with Crippen molar-refractivity contribution in [2.75, 3.05) is 7.11 Å². The van der Waals surface area contributed by atoms with Gasteiger partial charge in [0.1, 0.15) is 11.4 Å². The molecule has 1 N–H and O–H groups in total. The van der Waals surface area contributed by atoms with E-state index in [4.69, 9.17) is 4.74 Å². The average Bonchev–Trinajstić information content (AvgIpc) is 2.79. The van der Waals surface area contributed by atoms with Gasteiger partial charge in [0.15, 0.2) is 0 Å². The van der Waals surface area contributed by atoms with E-state index < -0.39 is 5.60 Å². The largest absolute Gasteiger partial charge is 0.497 e. The molecule has 1 aliphatic rings. The summed E-state index contributed by atoms with van der Waals surface area (Å²) < 4.78 is 5.24. The van der Waals surface area contributed by atoms with Gasteiger partial charge in [0.05, 0.1) is 7.11 Å². The van der Waals surface area contributed by atoms with Crippen molar-refractivity contribution in [2.24, 2.45) is 0 Å². The minimum absolute atomic E-state index is 0.736. The molecule has 0 amide bonds. The SMILES string of the molecule is COc1cccc(C2(O)CCc3ccccc32)c1. The molecule has 0 heterocycles. The van der Waals surface area contributed by atoms with Crippen LogP contribution in [0.1, 0.15) is 23.1 Å². The normalized spacial score (nSPS) is 21.7. The van der Waals surface area contributed by atoms with Crippen LogP contribution in [-0.4, -0.2) is 12.2 Å². The molecule has 0 aromatic heterocycles. The Bertz CT molecular complexity index is 577. The van der Waals surface area contributed by atoms with Crippen LogP contribution in [-0.2, 0) is 12.0 Å². The lowest BCUT2D eigenvalue weighted by atomic mass is 9.88. The quantitative estimate of drug-likeness (QED) is 0.874. The Morgan fingerprint density at radius 1 is 1.11 bits per heavy atom. The summed E-state index contributed by atoms with van der Waals surface area (Å²) in [7, 11) is 1.64. The van der Waals surface area contributed by atoms with Crippen molar-refractivity contribution >= 4 is 0 Å². The molecule has 0 spiro atoms. The highest BCUT2D eigenvalue weighted by atomic mass is 16.5. The summed E-state index contributed by atoms with van der Waals surface area (Å²) >= 11 is 0. The van der Waals surface area contributed by atoms with Crippen LogP contribution >= 0.6 is 0 Å². The van der Waals surface area contributed by atoms with Gasteiger partial charge in [-0.1, -0.05) is 36.4 Å². The van der Waals surface area contributed by atoms with Gasteiger partial charge < -0.3 is 9.84 Å². The maximum absolute atomic E-state index is 11.0. The van der Waals surface area contributed by atoms with Crippen LogP contribution in [0.15, 0.2) is 48.5 Å². The molecule has 92 valence electrons. The third kappa shape index (κ3) is 1.61. The topological polar surface area (TPSA) is 29.5 Å².